The molecule has 1 N–H and O–H groups in total. The molecule has 2 rings (SSSR count). The zero-order valence-corrected chi connectivity index (χ0v) is 14.3. The molecule has 2 aromatic rings. The molecule has 0 aliphatic rings. The van der Waals surface area contributed by atoms with Crippen molar-refractivity contribution < 1.29 is 23.5 Å². The van der Waals surface area contributed by atoms with Crippen LogP contribution in [0.4, 0.5) is 4.39 Å². The van der Waals surface area contributed by atoms with Crippen LogP contribution in [0.15, 0.2) is 48.5 Å². The van der Waals surface area contributed by atoms with Gasteiger partial charge in [0.05, 0.1) is 19.2 Å². The molecule has 5 nitrogen and oxygen atoms in total. The topological polar surface area (TPSA) is 64.6 Å². The zero-order valence-electron chi connectivity index (χ0n) is 14.3. The van der Waals surface area contributed by atoms with Crippen LogP contribution in [0, 0.1) is 5.82 Å². The lowest BCUT2D eigenvalue weighted by Gasteiger charge is -2.29. The van der Waals surface area contributed by atoms with Crippen LogP contribution in [-0.4, -0.2) is 32.6 Å². The molecule has 1 amide bonds. The van der Waals surface area contributed by atoms with E-state index in [2.05, 4.69) is 10.1 Å². The Balaban J connectivity index is 2.10. The van der Waals surface area contributed by atoms with Crippen LogP contribution in [0.2, 0.25) is 0 Å². The Morgan fingerprint density at radius 2 is 1.64 bits per heavy atom. The first-order chi connectivity index (χ1) is 11.9. The largest absolute Gasteiger partial charge is 0.465 e. The van der Waals surface area contributed by atoms with Crippen LogP contribution < -0.4 is 5.32 Å². The Labute approximate surface area is 145 Å². The van der Waals surface area contributed by atoms with Crippen molar-refractivity contribution >= 4 is 11.9 Å². The SMILES string of the molecule is COC(=O)c1ccc(C(=O)NC[C@](C)(OC)c2ccccc2F)cc1. The van der Waals surface area contributed by atoms with Crippen molar-refractivity contribution in [3.05, 3.63) is 71.0 Å². The fraction of sp³-hybridized carbons (Fsp3) is 0.263. The summed E-state index contributed by atoms with van der Waals surface area (Å²) in [4.78, 5) is 23.7. The minimum Gasteiger partial charge on any atom is -0.465 e. The maximum atomic E-state index is 14.0. The lowest BCUT2D eigenvalue weighted by Crippen LogP contribution is -2.40. The quantitative estimate of drug-likeness (QED) is 0.818. The highest BCUT2D eigenvalue weighted by Crippen LogP contribution is 2.26. The lowest BCUT2D eigenvalue weighted by molar-refractivity contribution is 0.000389. The van der Waals surface area contributed by atoms with E-state index in [0.717, 1.165) is 0 Å². The number of ether oxygens (including phenoxy) is 2. The van der Waals surface area contributed by atoms with Gasteiger partial charge in [0.15, 0.2) is 0 Å². The summed E-state index contributed by atoms with van der Waals surface area (Å²) in [6.45, 7) is 1.79. The van der Waals surface area contributed by atoms with Crippen molar-refractivity contribution in [2.75, 3.05) is 20.8 Å². The minimum absolute atomic E-state index is 0.0853. The van der Waals surface area contributed by atoms with E-state index in [1.165, 1.54) is 44.6 Å². The van der Waals surface area contributed by atoms with Gasteiger partial charge in [0, 0.05) is 18.2 Å². The maximum absolute atomic E-state index is 14.0. The van der Waals surface area contributed by atoms with Gasteiger partial charge in [-0.05, 0) is 37.3 Å². The van der Waals surface area contributed by atoms with E-state index in [1.54, 1.807) is 25.1 Å². The molecule has 0 heterocycles. The second-order valence-corrected chi connectivity index (χ2v) is 5.67. The Bertz CT molecular complexity index is 760. The maximum Gasteiger partial charge on any atom is 0.337 e. The zero-order chi connectivity index (χ0) is 18.4. The van der Waals surface area contributed by atoms with Gasteiger partial charge >= 0.3 is 5.97 Å². The fourth-order valence-electron chi connectivity index (χ4n) is 2.39. The van der Waals surface area contributed by atoms with Gasteiger partial charge in [0.2, 0.25) is 0 Å². The molecule has 0 saturated carbocycles. The summed E-state index contributed by atoms with van der Waals surface area (Å²) in [5, 5.41) is 2.73. The first kappa shape index (κ1) is 18.6. The Hall–Kier alpha value is -2.73. The molecule has 132 valence electrons. The van der Waals surface area contributed by atoms with E-state index in [-0.39, 0.29) is 12.5 Å². The van der Waals surface area contributed by atoms with E-state index in [4.69, 9.17) is 4.74 Å². The number of esters is 1. The van der Waals surface area contributed by atoms with Gasteiger partial charge in [-0.1, -0.05) is 18.2 Å². The molecule has 6 heteroatoms. The molecular weight excluding hydrogens is 325 g/mol. The van der Waals surface area contributed by atoms with Crippen molar-refractivity contribution in [3.63, 3.8) is 0 Å². The number of benzene rings is 2. The lowest BCUT2D eigenvalue weighted by atomic mass is 9.95. The van der Waals surface area contributed by atoms with Crippen molar-refractivity contribution in [2.45, 2.75) is 12.5 Å². The molecule has 0 spiro atoms. The van der Waals surface area contributed by atoms with Gasteiger partial charge in [-0.25, -0.2) is 9.18 Å². The molecule has 0 aliphatic heterocycles. The summed E-state index contributed by atoms with van der Waals surface area (Å²) >= 11 is 0. The molecular formula is C19H20FNO4. The Morgan fingerprint density at radius 3 is 2.20 bits per heavy atom. The number of carbonyl (C=O) groups excluding carboxylic acids is 2. The number of methoxy groups -OCH3 is 2. The third-order valence-electron chi connectivity index (χ3n) is 4.05. The van der Waals surface area contributed by atoms with Crippen molar-refractivity contribution in [2.24, 2.45) is 0 Å². The third kappa shape index (κ3) is 4.22. The number of rotatable bonds is 6. The standard InChI is InChI=1S/C19H20FNO4/c1-19(25-3,15-6-4-5-7-16(15)20)12-21-17(22)13-8-10-14(11-9-13)18(23)24-2/h4-11H,12H2,1-3H3,(H,21,22)/t19-/m0/s1. The predicted molar refractivity (Wildman–Crippen MR) is 90.9 cm³/mol. The fourth-order valence-corrected chi connectivity index (χ4v) is 2.39. The molecule has 2 aromatic carbocycles. The second-order valence-electron chi connectivity index (χ2n) is 5.67. The Morgan fingerprint density at radius 1 is 1.04 bits per heavy atom. The van der Waals surface area contributed by atoms with Crippen molar-refractivity contribution in [3.8, 4) is 0 Å². The first-order valence-corrected chi connectivity index (χ1v) is 7.68. The van der Waals surface area contributed by atoms with Crippen molar-refractivity contribution in [1.82, 2.24) is 5.32 Å². The van der Waals surface area contributed by atoms with E-state index >= 15 is 0 Å². The van der Waals surface area contributed by atoms with Gasteiger partial charge in [-0.3, -0.25) is 4.79 Å². The molecule has 1 atom stereocenters. The highest BCUT2D eigenvalue weighted by atomic mass is 19.1. The van der Waals surface area contributed by atoms with E-state index in [9.17, 15) is 14.0 Å². The second kappa shape index (κ2) is 7.90. The smallest absolute Gasteiger partial charge is 0.337 e. The number of amides is 1. The van der Waals surface area contributed by atoms with E-state index < -0.39 is 17.4 Å². The minimum atomic E-state index is -1.01. The number of hydrogen-bond acceptors (Lipinski definition) is 4. The Kier molecular flexibility index (Phi) is 5.88. The highest BCUT2D eigenvalue weighted by Gasteiger charge is 2.29. The first-order valence-electron chi connectivity index (χ1n) is 7.68. The van der Waals surface area contributed by atoms with Crippen LogP contribution in [0.3, 0.4) is 0 Å². The van der Waals surface area contributed by atoms with Gasteiger partial charge in [-0.2, -0.15) is 0 Å². The monoisotopic (exact) mass is 345 g/mol. The molecule has 0 radical (unpaired) electrons. The van der Waals surface area contributed by atoms with Crippen LogP contribution in [0.5, 0.6) is 0 Å². The number of halogens is 1. The van der Waals surface area contributed by atoms with Crippen LogP contribution in [0.1, 0.15) is 33.2 Å². The molecule has 0 aromatic heterocycles. The van der Waals surface area contributed by atoms with Crippen LogP contribution in [0.25, 0.3) is 0 Å². The highest BCUT2D eigenvalue weighted by molar-refractivity contribution is 5.96. The summed E-state index contributed by atoms with van der Waals surface area (Å²) in [6, 6.07) is 12.3. The summed E-state index contributed by atoms with van der Waals surface area (Å²) in [7, 11) is 2.75. The van der Waals surface area contributed by atoms with Gasteiger partial charge in [0.25, 0.3) is 5.91 Å². The summed E-state index contributed by atoms with van der Waals surface area (Å²) in [5.74, 6) is -1.22. The summed E-state index contributed by atoms with van der Waals surface area (Å²) in [5.41, 5.74) is 0.0815. The summed E-state index contributed by atoms with van der Waals surface area (Å²) in [6.07, 6.45) is 0. The van der Waals surface area contributed by atoms with Crippen LogP contribution in [-0.2, 0) is 15.1 Å². The van der Waals surface area contributed by atoms with Gasteiger partial charge in [-0.15, -0.1) is 0 Å². The average molecular weight is 345 g/mol. The molecule has 0 aliphatic carbocycles. The third-order valence-corrected chi connectivity index (χ3v) is 4.05. The molecule has 0 bridgehead atoms. The van der Waals surface area contributed by atoms with Crippen LogP contribution >= 0.6 is 0 Å². The number of carbonyl (C=O) groups is 2. The van der Waals surface area contributed by atoms with Gasteiger partial charge in [0.1, 0.15) is 11.4 Å². The summed E-state index contributed by atoms with van der Waals surface area (Å²) < 4.78 is 24.1. The normalized spacial score (nSPS) is 13.0. The van der Waals surface area contributed by atoms with E-state index in [0.29, 0.717) is 16.7 Å². The molecule has 0 unspecified atom stereocenters. The molecule has 0 saturated heterocycles. The molecule has 0 fully saturated rings. The molecule has 25 heavy (non-hydrogen) atoms. The van der Waals surface area contributed by atoms with Gasteiger partial charge < -0.3 is 14.8 Å². The van der Waals surface area contributed by atoms with Crippen molar-refractivity contribution in [1.29, 1.82) is 0 Å². The van der Waals surface area contributed by atoms with E-state index in [1.807, 2.05) is 0 Å². The average Bonchev–Trinajstić information content (AvgIpc) is 2.65. The number of nitrogens with one attached hydrogen (secondary N) is 1. The predicted octanol–water partition coefficient (Wildman–Crippen LogP) is 2.90. The number of hydrogen-bond donors (Lipinski definition) is 1.